The number of rotatable bonds is 6. The van der Waals surface area contributed by atoms with Gasteiger partial charge in [0, 0.05) is 24.9 Å². The van der Waals surface area contributed by atoms with Crippen LogP contribution in [0.4, 0.5) is 5.69 Å². The van der Waals surface area contributed by atoms with Gasteiger partial charge < -0.3 is 19.7 Å². The molecular weight excluding hydrogens is 356 g/mol. The van der Waals surface area contributed by atoms with Gasteiger partial charge in [0.15, 0.2) is 0 Å². The van der Waals surface area contributed by atoms with E-state index in [1.165, 1.54) is 0 Å². The molecule has 0 bridgehead atoms. The Balaban J connectivity index is 1.57. The summed E-state index contributed by atoms with van der Waals surface area (Å²) < 4.78 is 11.1. The Bertz CT molecular complexity index is 865. The molecule has 0 fully saturated rings. The monoisotopic (exact) mass is 382 g/mol. The second kappa shape index (κ2) is 8.78. The van der Waals surface area contributed by atoms with Gasteiger partial charge in [-0.3, -0.25) is 9.59 Å². The standard InChI is InChI=1S/C22H26N2O4/c1-15-8-9-20-18(12-15)24(14-16(2)28-20)22(26)11-10-21(25)23-13-17-6-4-5-7-19(17)27-3/h4-9,12,16H,10-11,13-14H2,1-3H3,(H,23,25). The van der Waals surface area contributed by atoms with E-state index in [0.29, 0.717) is 18.8 Å². The second-order valence-electron chi connectivity index (χ2n) is 6.99. The molecule has 28 heavy (non-hydrogen) atoms. The highest BCUT2D eigenvalue weighted by atomic mass is 16.5. The maximum Gasteiger partial charge on any atom is 0.227 e. The first-order valence-corrected chi connectivity index (χ1v) is 9.44. The van der Waals surface area contributed by atoms with Crippen molar-refractivity contribution in [2.24, 2.45) is 0 Å². The molecule has 2 aromatic carbocycles. The lowest BCUT2D eigenvalue weighted by atomic mass is 10.1. The smallest absolute Gasteiger partial charge is 0.227 e. The largest absolute Gasteiger partial charge is 0.496 e. The number of benzene rings is 2. The molecule has 1 N–H and O–H groups in total. The van der Waals surface area contributed by atoms with Gasteiger partial charge >= 0.3 is 0 Å². The van der Waals surface area contributed by atoms with Crippen molar-refractivity contribution in [2.75, 3.05) is 18.6 Å². The van der Waals surface area contributed by atoms with Gasteiger partial charge in [0.1, 0.15) is 17.6 Å². The number of hydrogen-bond acceptors (Lipinski definition) is 4. The van der Waals surface area contributed by atoms with E-state index < -0.39 is 0 Å². The van der Waals surface area contributed by atoms with Gasteiger partial charge in [0.05, 0.1) is 19.3 Å². The number of anilines is 1. The van der Waals surface area contributed by atoms with E-state index in [-0.39, 0.29) is 30.8 Å². The van der Waals surface area contributed by atoms with Gasteiger partial charge in [-0.2, -0.15) is 0 Å². The minimum absolute atomic E-state index is 0.0746. The Labute approximate surface area is 165 Å². The van der Waals surface area contributed by atoms with Gasteiger partial charge in [-0.25, -0.2) is 0 Å². The number of carbonyl (C=O) groups excluding carboxylic acids is 2. The summed E-state index contributed by atoms with van der Waals surface area (Å²) in [5, 5.41) is 2.85. The summed E-state index contributed by atoms with van der Waals surface area (Å²) in [6.07, 6.45) is 0.206. The van der Waals surface area contributed by atoms with Crippen LogP contribution in [0.25, 0.3) is 0 Å². The van der Waals surface area contributed by atoms with Crippen LogP contribution in [0.3, 0.4) is 0 Å². The molecule has 3 rings (SSSR count). The minimum atomic E-state index is -0.162. The molecule has 1 heterocycles. The van der Waals surface area contributed by atoms with Crippen molar-refractivity contribution in [3.8, 4) is 11.5 Å². The van der Waals surface area contributed by atoms with Crippen molar-refractivity contribution < 1.29 is 19.1 Å². The van der Waals surface area contributed by atoms with Crippen molar-refractivity contribution >= 4 is 17.5 Å². The van der Waals surface area contributed by atoms with Crippen LogP contribution >= 0.6 is 0 Å². The first-order valence-electron chi connectivity index (χ1n) is 9.44. The minimum Gasteiger partial charge on any atom is -0.496 e. The summed E-state index contributed by atoms with van der Waals surface area (Å²) in [4.78, 5) is 26.7. The van der Waals surface area contributed by atoms with Crippen LogP contribution in [0.1, 0.15) is 30.9 Å². The van der Waals surface area contributed by atoms with Crippen LogP contribution in [-0.2, 0) is 16.1 Å². The first kappa shape index (κ1) is 19.7. The molecule has 2 amide bonds. The quantitative estimate of drug-likeness (QED) is 0.833. The summed E-state index contributed by atoms with van der Waals surface area (Å²) >= 11 is 0. The average Bonchev–Trinajstić information content (AvgIpc) is 2.70. The Kier molecular flexibility index (Phi) is 6.19. The number of methoxy groups -OCH3 is 1. The van der Waals surface area contributed by atoms with Gasteiger partial charge in [-0.05, 0) is 37.6 Å². The fourth-order valence-corrected chi connectivity index (χ4v) is 3.27. The third-order valence-electron chi connectivity index (χ3n) is 4.71. The Morgan fingerprint density at radius 2 is 2.00 bits per heavy atom. The van der Waals surface area contributed by atoms with E-state index in [1.807, 2.05) is 56.3 Å². The highest BCUT2D eigenvalue weighted by molar-refractivity contribution is 5.97. The summed E-state index contributed by atoms with van der Waals surface area (Å²) in [5.41, 5.74) is 2.73. The molecule has 0 spiro atoms. The van der Waals surface area contributed by atoms with E-state index in [2.05, 4.69) is 5.32 Å². The Morgan fingerprint density at radius 3 is 2.79 bits per heavy atom. The molecule has 148 valence electrons. The van der Waals surface area contributed by atoms with Crippen molar-refractivity contribution in [3.63, 3.8) is 0 Å². The number of nitrogens with zero attached hydrogens (tertiary/aromatic N) is 1. The Hall–Kier alpha value is -3.02. The van der Waals surface area contributed by atoms with Crippen molar-refractivity contribution in [2.45, 2.75) is 39.3 Å². The van der Waals surface area contributed by atoms with Crippen LogP contribution in [0.2, 0.25) is 0 Å². The fourth-order valence-electron chi connectivity index (χ4n) is 3.27. The summed E-state index contributed by atoms with van der Waals surface area (Å²) in [5.74, 6) is 1.20. The molecule has 2 aromatic rings. The maximum atomic E-state index is 12.8. The third-order valence-corrected chi connectivity index (χ3v) is 4.71. The summed E-state index contributed by atoms with van der Waals surface area (Å²) in [6.45, 7) is 4.76. The molecular formula is C22H26N2O4. The van der Waals surface area contributed by atoms with Gasteiger partial charge in [0.2, 0.25) is 11.8 Å². The first-order chi connectivity index (χ1) is 13.5. The number of para-hydroxylation sites is 1. The van der Waals surface area contributed by atoms with E-state index in [1.54, 1.807) is 12.0 Å². The maximum absolute atomic E-state index is 12.8. The molecule has 0 aromatic heterocycles. The predicted octanol–water partition coefficient (Wildman–Crippen LogP) is 3.21. The van der Waals surface area contributed by atoms with E-state index in [9.17, 15) is 9.59 Å². The topological polar surface area (TPSA) is 67.9 Å². The van der Waals surface area contributed by atoms with Crippen molar-refractivity contribution in [1.29, 1.82) is 0 Å². The molecule has 0 radical (unpaired) electrons. The Morgan fingerprint density at radius 1 is 1.21 bits per heavy atom. The van der Waals surface area contributed by atoms with Crippen LogP contribution in [0, 0.1) is 6.92 Å². The molecule has 0 saturated heterocycles. The molecule has 6 nitrogen and oxygen atoms in total. The molecule has 0 saturated carbocycles. The lowest BCUT2D eigenvalue weighted by Gasteiger charge is -2.33. The van der Waals surface area contributed by atoms with E-state index >= 15 is 0 Å². The average molecular weight is 382 g/mol. The number of hydrogen-bond donors (Lipinski definition) is 1. The SMILES string of the molecule is COc1ccccc1CNC(=O)CCC(=O)N1CC(C)Oc2ccc(C)cc21. The number of carbonyl (C=O) groups is 2. The van der Waals surface area contributed by atoms with Crippen molar-refractivity contribution in [1.82, 2.24) is 5.32 Å². The fraction of sp³-hybridized carbons (Fsp3) is 0.364. The van der Waals surface area contributed by atoms with Gasteiger partial charge in [-0.15, -0.1) is 0 Å². The zero-order chi connectivity index (χ0) is 20.1. The van der Waals surface area contributed by atoms with Crippen LogP contribution in [-0.4, -0.2) is 31.6 Å². The van der Waals surface area contributed by atoms with Crippen LogP contribution < -0.4 is 19.7 Å². The molecule has 1 unspecified atom stereocenters. The van der Waals surface area contributed by atoms with E-state index in [0.717, 1.165) is 22.6 Å². The molecule has 1 aliphatic rings. The lowest BCUT2D eigenvalue weighted by Crippen LogP contribution is -2.42. The number of amides is 2. The van der Waals surface area contributed by atoms with Crippen molar-refractivity contribution in [3.05, 3.63) is 53.6 Å². The third kappa shape index (κ3) is 4.63. The normalized spacial score (nSPS) is 15.4. The summed E-state index contributed by atoms with van der Waals surface area (Å²) in [6, 6.07) is 13.3. The number of aryl methyl sites for hydroxylation is 1. The molecule has 1 aliphatic heterocycles. The van der Waals surface area contributed by atoms with E-state index in [4.69, 9.17) is 9.47 Å². The lowest BCUT2D eigenvalue weighted by molar-refractivity contribution is -0.125. The number of ether oxygens (including phenoxy) is 2. The zero-order valence-corrected chi connectivity index (χ0v) is 16.5. The summed E-state index contributed by atoms with van der Waals surface area (Å²) in [7, 11) is 1.60. The van der Waals surface area contributed by atoms with Crippen LogP contribution in [0.15, 0.2) is 42.5 Å². The highest BCUT2D eigenvalue weighted by Gasteiger charge is 2.27. The number of nitrogens with one attached hydrogen (secondary N) is 1. The highest BCUT2D eigenvalue weighted by Crippen LogP contribution is 2.34. The van der Waals surface area contributed by atoms with Gasteiger partial charge in [0.25, 0.3) is 0 Å². The van der Waals surface area contributed by atoms with Crippen LogP contribution in [0.5, 0.6) is 11.5 Å². The molecule has 6 heteroatoms. The second-order valence-corrected chi connectivity index (χ2v) is 6.99. The zero-order valence-electron chi connectivity index (χ0n) is 16.5. The number of fused-ring (bicyclic) bond motifs is 1. The predicted molar refractivity (Wildman–Crippen MR) is 108 cm³/mol. The molecule has 1 atom stereocenters. The molecule has 0 aliphatic carbocycles. The van der Waals surface area contributed by atoms with Gasteiger partial charge in [-0.1, -0.05) is 24.3 Å².